The highest BCUT2D eigenvalue weighted by atomic mass is 16.2. The van der Waals surface area contributed by atoms with E-state index in [1.54, 1.807) is 0 Å². The third kappa shape index (κ3) is 2.12. The van der Waals surface area contributed by atoms with E-state index in [-0.39, 0.29) is 6.03 Å². The van der Waals surface area contributed by atoms with Crippen molar-refractivity contribution in [2.75, 3.05) is 18.0 Å². The van der Waals surface area contributed by atoms with E-state index in [1.807, 2.05) is 4.90 Å². The lowest BCUT2D eigenvalue weighted by molar-refractivity contribution is -0.0461. The quantitative estimate of drug-likeness (QED) is 0.808. The molecule has 0 aromatic heterocycles. The topological polar surface area (TPSA) is 23.6 Å². The van der Waals surface area contributed by atoms with Gasteiger partial charge in [0, 0.05) is 24.8 Å². The van der Waals surface area contributed by atoms with Crippen molar-refractivity contribution in [1.82, 2.24) is 4.90 Å². The van der Waals surface area contributed by atoms with Crippen molar-refractivity contribution >= 4 is 11.7 Å². The van der Waals surface area contributed by atoms with Crippen molar-refractivity contribution in [3.63, 3.8) is 0 Å². The molecule has 4 saturated carbocycles. The Morgan fingerprint density at radius 1 is 0.870 bits per heavy atom. The van der Waals surface area contributed by atoms with Crippen molar-refractivity contribution in [2.24, 2.45) is 23.7 Å². The van der Waals surface area contributed by atoms with Crippen molar-refractivity contribution in [3.05, 3.63) is 29.8 Å². The lowest BCUT2D eigenvalue weighted by Crippen LogP contribution is -2.56. The van der Waals surface area contributed by atoms with Crippen LogP contribution in [0.15, 0.2) is 24.3 Å². The molecule has 0 radical (unpaired) electrons. The van der Waals surface area contributed by atoms with E-state index in [4.69, 9.17) is 0 Å². The van der Waals surface area contributed by atoms with Gasteiger partial charge in [0.05, 0.1) is 0 Å². The molecule has 3 nitrogen and oxygen atoms in total. The fourth-order valence-electron chi connectivity index (χ4n) is 6.20. The Labute approximate surface area is 138 Å². The number of rotatable bonds is 2. The summed E-state index contributed by atoms with van der Waals surface area (Å²) in [6, 6.07) is 9.18. The average molecular weight is 310 g/mol. The Hall–Kier alpha value is -1.51. The van der Waals surface area contributed by atoms with E-state index in [9.17, 15) is 4.79 Å². The van der Waals surface area contributed by atoms with Gasteiger partial charge in [0.15, 0.2) is 0 Å². The van der Waals surface area contributed by atoms with E-state index < -0.39 is 0 Å². The van der Waals surface area contributed by atoms with Crippen molar-refractivity contribution < 1.29 is 4.79 Å². The summed E-state index contributed by atoms with van der Waals surface area (Å²) in [6.45, 7) is 3.86. The second-order valence-corrected chi connectivity index (χ2v) is 8.38. The van der Waals surface area contributed by atoms with Crippen LogP contribution in [0.4, 0.5) is 10.5 Å². The molecular weight excluding hydrogens is 284 g/mol. The average Bonchev–Trinajstić information content (AvgIpc) is 2.89. The zero-order valence-electron chi connectivity index (χ0n) is 13.9. The predicted octanol–water partition coefficient (Wildman–Crippen LogP) is 4.06. The Morgan fingerprint density at radius 2 is 1.48 bits per heavy atom. The van der Waals surface area contributed by atoms with Crippen molar-refractivity contribution in [3.8, 4) is 0 Å². The molecule has 5 aliphatic rings. The van der Waals surface area contributed by atoms with Crippen molar-refractivity contribution in [1.29, 1.82) is 0 Å². The molecule has 1 aliphatic heterocycles. The van der Waals surface area contributed by atoms with Crippen molar-refractivity contribution in [2.45, 2.75) is 45.1 Å². The maximum atomic E-state index is 13.1. The largest absolute Gasteiger partial charge is 0.324 e. The van der Waals surface area contributed by atoms with Gasteiger partial charge in [0.1, 0.15) is 0 Å². The summed E-state index contributed by atoms with van der Waals surface area (Å²) < 4.78 is 0. The fraction of sp³-hybridized carbons (Fsp3) is 0.650. The molecule has 1 aromatic carbocycles. The predicted molar refractivity (Wildman–Crippen MR) is 91.5 cm³/mol. The van der Waals surface area contributed by atoms with E-state index in [2.05, 4.69) is 36.1 Å². The molecule has 0 unspecified atom stereocenters. The molecule has 3 heteroatoms. The van der Waals surface area contributed by atoms with Gasteiger partial charge in [-0.15, -0.1) is 0 Å². The zero-order valence-corrected chi connectivity index (χ0v) is 13.9. The summed E-state index contributed by atoms with van der Waals surface area (Å²) in [4.78, 5) is 17.3. The normalized spacial score (nSPS) is 38.7. The minimum Gasteiger partial charge on any atom is -0.319 e. The molecule has 1 heterocycles. The van der Waals surface area contributed by atoms with Gasteiger partial charge in [0.25, 0.3) is 0 Å². The first-order chi connectivity index (χ1) is 11.2. The molecule has 2 amide bonds. The Bertz CT molecular complexity index is 595. The summed E-state index contributed by atoms with van der Waals surface area (Å²) in [5.74, 6) is 3.51. The van der Waals surface area contributed by atoms with Crippen LogP contribution in [0.3, 0.4) is 0 Å². The lowest BCUT2D eigenvalue weighted by Gasteiger charge is -2.56. The summed E-state index contributed by atoms with van der Waals surface area (Å²) in [6.07, 6.45) is 7.00. The van der Waals surface area contributed by atoms with E-state index in [1.165, 1.54) is 37.7 Å². The van der Waals surface area contributed by atoms with Crippen LogP contribution in [0.1, 0.15) is 37.7 Å². The number of carbonyl (C=O) groups excluding carboxylic acids is 1. The molecule has 1 aromatic rings. The first kappa shape index (κ1) is 13.9. The number of anilines is 1. The molecule has 4 bridgehead atoms. The number of hydrogen-bond acceptors (Lipinski definition) is 1. The second-order valence-electron chi connectivity index (χ2n) is 8.38. The Balaban J connectivity index is 1.38. The third-order valence-electron chi connectivity index (χ3n) is 6.92. The van der Waals surface area contributed by atoms with E-state index in [0.717, 1.165) is 42.4 Å². The highest BCUT2D eigenvalue weighted by Gasteiger charge is 2.52. The number of benzene rings is 1. The maximum absolute atomic E-state index is 13.1. The van der Waals surface area contributed by atoms with Gasteiger partial charge in [-0.3, -0.25) is 4.90 Å². The van der Waals surface area contributed by atoms with Crippen LogP contribution in [0.2, 0.25) is 0 Å². The first-order valence-corrected chi connectivity index (χ1v) is 9.34. The molecule has 6 rings (SSSR count). The van der Waals surface area contributed by atoms with Crippen LogP contribution in [0.5, 0.6) is 0 Å². The monoisotopic (exact) mass is 310 g/mol. The van der Waals surface area contributed by atoms with E-state index in [0.29, 0.717) is 6.04 Å². The Kier molecular flexibility index (Phi) is 3.01. The van der Waals surface area contributed by atoms with Crippen LogP contribution >= 0.6 is 0 Å². The third-order valence-corrected chi connectivity index (χ3v) is 6.92. The van der Waals surface area contributed by atoms with Crippen LogP contribution in [0, 0.1) is 30.6 Å². The molecule has 4 aliphatic carbocycles. The SMILES string of the molecule is Cc1ccc(N2CCN(C3C4CC5CC(C4)CC3C5)C2=O)cc1. The smallest absolute Gasteiger partial charge is 0.319 e. The number of urea groups is 1. The van der Waals surface area contributed by atoms with Crippen LogP contribution in [-0.4, -0.2) is 30.1 Å². The van der Waals surface area contributed by atoms with Crippen LogP contribution in [0.25, 0.3) is 0 Å². The standard InChI is InChI=1S/C20H26N2O/c1-13-2-4-18(5-3-13)21-6-7-22(20(21)23)19-16-9-14-8-15(11-16)12-17(19)10-14/h2-5,14-17,19H,6-12H2,1H3. The fourth-order valence-corrected chi connectivity index (χ4v) is 6.20. The molecule has 5 fully saturated rings. The maximum Gasteiger partial charge on any atom is 0.324 e. The minimum atomic E-state index is 0.256. The van der Waals surface area contributed by atoms with Gasteiger partial charge in [-0.1, -0.05) is 17.7 Å². The molecule has 23 heavy (non-hydrogen) atoms. The van der Waals surface area contributed by atoms with E-state index >= 15 is 0 Å². The summed E-state index contributed by atoms with van der Waals surface area (Å²) >= 11 is 0. The lowest BCUT2D eigenvalue weighted by atomic mass is 9.54. The molecule has 0 N–H and O–H groups in total. The van der Waals surface area contributed by atoms with Gasteiger partial charge < -0.3 is 4.90 Å². The molecule has 122 valence electrons. The van der Waals surface area contributed by atoms with Crippen LogP contribution < -0.4 is 4.90 Å². The Morgan fingerprint density at radius 3 is 2.09 bits per heavy atom. The molecule has 0 atom stereocenters. The second kappa shape index (κ2) is 4.99. The highest BCUT2D eigenvalue weighted by Crippen LogP contribution is 2.55. The van der Waals surface area contributed by atoms with Gasteiger partial charge in [0.2, 0.25) is 0 Å². The number of aryl methyl sites for hydroxylation is 1. The summed E-state index contributed by atoms with van der Waals surface area (Å²) in [5.41, 5.74) is 2.31. The summed E-state index contributed by atoms with van der Waals surface area (Å²) in [7, 11) is 0. The van der Waals surface area contributed by atoms with Gasteiger partial charge >= 0.3 is 6.03 Å². The molecule has 1 saturated heterocycles. The first-order valence-electron chi connectivity index (χ1n) is 9.34. The van der Waals surface area contributed by atoms with Gasteiger partial charge in [-0.2, -0.15) is 0 Å². The number of carbonyl (C=O) groups is 1. The highest BCUT2D eigenvalue weighted by molar-refractivity contribution is 5.94. The number of hydrogen-bond donors (Lipinski definition) is 0. The summed E-state index contributed by atoms with van der Waals surface area (Å²) in [5, 5.41) is 0. The molecular formula is C20H26N2O. The minimum absolute atomic E-state index is 0.256. The van der Waals surface area contributed by atoms with Gasteiger partial charge in [-0.05, 0) is 74.8 Å². The number of amides is 2. The number of nitrogens with zero attached hydrogens (tertiary/aromatic N) is 2. The zero-order chi connectivity index (χ0) is 15.6. The van der Waals surface area contributed by atoms with Crippen LogP contribution in [-0.2, 0) is 0 Å². The molecule has 0 spiro atoms. The van der Waals surface area contributed by atoms with Gasteiger partial charge in [-0.25, -0.2) is 4.79 Å².